The zero-order valence-corrected chi connectivity index (χ0v) is 21.0. The topological polar surface area (TPSA) is 0 Å². The summed E-state index contributed by atoms with van der Waals surface area (Å²) in [5.41, 5.74) is 4.59. The fraction of sp³-hybridized carbons (Fsp3) is 0.533. The first-order chi connectivity index (χ1) is 14.4. The molecule has 0 amide bonds. The molecule has 168 valence electrons. The van der Waals surface area contributed by atoms with Crippen LogP contribution >= 0.6 is 0 Å². The van der Waals surface area contributed by atoms with Gasteiger partial charge in [0.1, 0.15) is 0 Å². The number of hydrogen-bond acceptors (Lipinski definition) is 0. The van der Waals surface area contributed by atoms with Crippen molar-refractivity contribution in [3.63, 3.8) is 0 Å². The standard InChI is InChI=1S/C30H48/c1-9-14-18-20-23-27(22-19-15-10-2)26(6)28(21-13-5)29(24-16-11-3)30(7,8)25-17-12-4/h11-13,16-20,22-23,26H,5,9-10,14-15,21,24-25H2,1-4,6-8H3. The van der Waals surface area contributed by atoms with Crippen molar-refractivity contribution in [2.75, 3.05) is 0 Å². The summed E-state index contributed by atoms with van der Waals surface area (Å²) in [6.07, 6.45) is 30.2. The van der Waals surface area contributed by atoms with Crippen molar-refractivity contribution in [1.82, 2.24) is 0 Å². The normalized spacial score (nSPS) is 15.6. The van der Waals surface area contributed by atoms with Crippen LogP contribution in [0.1, 0.15) is 93.4 Å². The van der Waals surface area contributed by atoms with Gasteiger partial charge in [0.05, 0.1) is 0 Å². The van der Waals surface area contributed by atoms with Gasteiger partial charge in [-0.2, -0.15) is 0 Å². The van der Waals surface area contributed by atoms with E-state index < -0.39 is 0 Å². The minimum atomic E-state index is 0.120. The highest BCUT2D eigenvalue weighted by Gasteiger charge is 2.26. The lowest BCUT2D eigenvalue weighted by atomic mass is 9.72. The second kappa shape index (κ2) is 16.9. The van der Waals surface area contributed by atoms with Crippen molar-refractivity contribution < 1.29 is 0 Å². The molecule has 0 heteroatoms. The second-order valence-electron chi connectivity index (χ2n) is 8.72. The van der Waals surface area contributed by atoms with Gasteiger partial charge in [0.25, 0.3) is 0 Å². The Hall–Kier alpha value is -1.82. The molecule has 0 saturated heterocycles. The summed E-state index contributed by atoms with van der Waals surface area (Å²) in [6.45, 7) is 19.9. The van der Waals surface area contributed by atoms with Gasteiger partial charge >= 0.3 is 0 Å². The third kappa shape index (κ3) is 10.8. The molecule has 0 aliphatic rings. The molecule has 0 fully saturated rings. The highest BCUT2D eigenvalue weighted by molar-refractivity contribution is 5.37. The van der Waals surface area contributed by atoms with Gasteiger partial charge in [-0.3, -0.25) is 0 Å². The third-order valence-corrected chi connectivity index (χ3v) is 5.66. The van der Waals surface area contributed by atoms with Crippen molar-refractivity contribution >= 4 is 0 Å². The molecule has 30 heavy (non-hydrogen) atoms. The minimum Gasteiger partial charge on any atom is -0.103 e. The van der Waals surface area contributed by atoms with Gasteiger partial charge in [0, 0.05) is 5.92 Å². The van der Waals surface area contributed by atoms with Crippen molar-refractivity contribution in [2.45, 2.75) is 93.4 Å². The van der Waals surface area contributed by atoms with Crippen molar-refractivity contribution in [3.8, 4) is 0 Å². The van der Waals surface area contributed by atoms with Crippen LogP contribution in [0.25, 0.3) is 0 Å². The summed E-state index contributed by atoms with van der Waals surface area (Å²) < 4.78 is 0. The molecular formula is C30H48. The van der Waals surface area contributed by atoms with Crippen LogP contribution in [-0.4, -0.2) is 0 Å². The monoisotopic (exact) mass is 408 g/mol. The first kappa shape index (κ1) is 28.2. The van der Waals surface area contributed by atoms with Crippen LogP contribution in [0.4, 0.5) is 0 Å². The fourth-order valence-electron chi connectivity index (χ4n) is 3.70. The number of unbranched alkanes of at least 4 members (excludes halogenated alkanes) is 2. The Kier molecular flexibility index (Phi) is 15.9. The zero-order chi connectivity index (χ0) is 22.8. The van der Waals surface area contributed by atoms with Gasteiger partial charge in [0.15, 0.2) is 0 Å². The lowest BCUT2D eigenvalue weighted by Crippen LogP contribution is -2.19. The summed E-state index contributed by atoms with van der Waals surface area (Å²) in [5, 5.41) is 0. The highest BCUT2D eigenvalue weighted by Crippen LogP contribution is 2.40. The largest absolute Gasteiger partial charge is 0.103 e. The maximum absolute atomic E-state index is 4.09. The van der Waals surface area contributed by atoms with Crippen molar-refractivity contribution in [1.29, 1.82) is 0 Å². The molecule has 0 heterocycles. The van der Waals surface area contributed by atoms with Gasteiger partial charge in [-0.25, -0.2) is 0 Å². The van der Waals surface area contributed by atoms with E-state index in [-0.39, 0.29) is 5.41 Å². The molecule has 0 rings (SSSR count). The maximum Gasteiger partial charge on any atom is 0.00258 e. The Balaban J connectivity index is 6.42. The van der Waals surface area contributed by atoms with E-state index in [1.807, 2.05) is 0 Å². The lowest BCUT2D eigenvalue weighted by molar-refractivity contribution is 0.433. The summed E-state index contributed by atoms with van der Waals surface area (Å²) in [4.78, 5) is 0. The summed E-state index contributed by atoms with van der Waals surface area (Å²) in [7, 11) is 0. The van der Waals surface area contributed by atoms with Crippen LogP contribution < -0.4 is 0 Å². The van der Waals surface area contributed by atoms with Crippen LogP contribution in [0, 0.1) is 11.3 Å². The average molecular weight is 409 g/mol. The van der Waals surface area contributed by atoms with Crippen LogP contribution in [0.5, 0.6) is 0 Å². The van der Waals surface area contributed by atoms with E-state index in [0.29, 0.717) is 5.92 Å². The van der Waals surface area contributed by atoms with Crippen LogP contribution in [0.15, 0.2) is 84.1 Å². The van der Waals surface area contributed by atoms with E-state index >= 15 is 0 Å². The van der Waals surface area contributed by atoms with Gasteiger partial charge in [0.2, 0.25) is 0 Å². The Bertz CT molecular complexity index is 644. The molecule has 0 aliphatic heterocycles. The summed E-state index contributed by atoms with van der Waals surface area (Å²) >= 11 is 0. The molecule has 0 radical (unpaired) electrons. The molecular weight excluding hydrogens is 360 g/mol. The van der Waals surface area contributed by atoms with E-state index in [9.17, 15) is 0 Å². The molecule has 0 N–H and O–H groups in total. The summed E-state index contributed by atoms with van der Waals surface area (Å²) in [5.74, 6) is 0.368. The van der Waals surface area contributed by atoms with E-state index in [4.69, 9.17) is 0 Å². The fourth-order valence-corrected chi connectivity index (χ4v) is 3.70. The lowest BCUT2D eigenvalue weighted by Gasteiger charge is -2.32. The molecule has 1 unspecified atom stereocenters. The molecule has 1 atom stereocenters. The molecule has 0 aromatic heterocycles. The Labute approximate surface area is 188 Å². The van der Waals surface area contributed by atoms with E-state index in [2.05, 4.69) is 116 Å². The predicted molar refractivity (Wildman–Crippen MR) is 140 cm³/mol. The quantitative estimate of drug-likeness (QED) is 0.187. The SMILES string of the molecule is C=CCC(=C(CC=CC)C(C)(C)CC=CC)C(C)C(C=CCCC)=CC=CCCC. The van der Waals surface area contributed by atoms with E-state index in [0.717, 1.165) is 32.1 Å². The zero-order valence-electron chi connectivity index (χ0n) is 21.0. The maximum atomic E-state index is 4.09. The van der Waals surface area contributed by atoms with Crippen molar-refractivity contribution in [3.05, 3.63) is 84.1 Å². The van der Waals surface area contributed by atoms with Crippen molar-refractivity contribution in [2.24, 2.45) is 11.3 Å². The first-order valence-corrected chi connectivity index (χ1v) is 12.0. The average Bonchev–Trinajstić information content (AvgIpc) is 2.73. The Morgan fingerprint density at radius 1 is 0.900 bits per heavy atom. The smallest absolute Gasteiger partial charge is 0.00258 e. The summed E-state index contributed by atoms with van der Waals surface area (Å²) in [6, 6.07) is 0. The molecule has 0 aliphatic carbocycles. The molecule has 0 bridgehead atoms. The first-order valence-electron chi connectivity index (χ1n) is 12.0. The Morgan fingerprint density at radius 2 is 1.53 bits per heavy atom. The van der Waals surface area contributed by atoms with Crippen LogP contribution in [0.2, 0.25) is 0 Å². The molecule has 0 nitrogen and oxygen atoms in total. The van der Waals surface area contributed by atoms with Gasteiger partial charge < -0.3 is 0 Å². The molecule has 0 aromatic carbocycles. The van der Waals surface area contributed by atoms with E-state index in [1.54, 1.807) is 5.57 Å². The number of rotatable bonds is 15. The second-order valence-corrected chi connectivity index (χ2v) is 8.72. The molecule has 0 spiro atoms. The van der Waals surface area contributed by atoms with Crippen LogP contribution in [0.3, 0.4) is 0 Å². The molecule has 0 aromatic rings. The number of allylic oxidation sites excluding steroid dienone is 13. The predicted octanol–water partition coefficient (Wildman–Crippen LogP) is 10.1. The minimum absolute atomic E-state index is 0.120. The third-order valence-electron chi connectivity index (χ3n) is 5.66. The number of hydrogen-bond donors (Lipinski definition) is 0. The van der Waals surface area contributed by atoms with Gasteiger partial charge in [-0.15, -0.1) is 6.58 Å². The van der Waals surface area contributed by atoms with Gasteiger partial charge in [-0.1, -0.05) is 119 Å². The van der Waals surface area contributed by atoms with Gasteiger partial charge in [-0.05, 0) is 56.9 Å². The van der Waals surface area contributed by atoms with E-state index in [1.165, 1.54) is 24.0 Å². The van der Waals surface area contributed by atoms with Crippen LogP contribution in [-0.2, 0) is 0 Å². The molecule has 0 saturated carbocycles. The Morgan fingerprint density at radius 3 is 2.10 bits per heavy atom. The highest BCUT2D eigenvalue weighted by atomic mass is 14.3.